The lowest BCUT2D eigenvalue weighted by atomic mass is 10.2. The summed E-state index contributed by atoms with van der Waals surface area (Å²) in [5.74, 6) is 0.489. The maximum absolute atomic E-state index is 12.5. The molecule has 9 heteroatoms. The van der Waals surface area contributed by atoms with Gasteiger partial charge in [0, 0.05) is 25.2 Å². The van der Waals surface area contributed by atoms with Crippen LogP contribution >= 0.6 is 0 Å². The van der Waals surface area contributed by atoms with Crippen LogP contribution in [0.1, 0.15) is 23.2 Å². The van der Waals surface area contributed by atoms with Gasteiger partial charge in [-0.1, -0.05) is 6.08 Å². The number of amides is 1. The summed E-state index contributed by atoms with van der Waals surface area (Å²) < 4.78 is 26.5. The molecule has 1 aromatic heterocycles. The predicted molar refractivity (Wildman–Crippen MR) is 103 cm³/mol. The van der Waals surface area contributed by atoms with E-state index in [1.165, 1.54) is 28.6 Å². The van der Waals surface area contributed by atoms with Gasteiger partial charge in [0.15, 0.2) is 5.82 Å². The lowest BCUT2D eigenvalue weighted by Gasteiger charge is -2.15. The van der Waals surface area contributed by atoms with Crippen molar-refractivity contribution in [2.75, 3.05) is 30.3 Å². The topological polar surface area (TPSA) is 104 Å². The zero-order valence-corrected chi connectivity index (χ0v) is 15.6. The van der Waals surface area contributed by atoms with Crippen LogP contribution in [0.2, 0.25) is 0 Å². The summed E-state index contributed by atoms with van der Waals surface area (Å²) in [6.07, 6.45) is 3.45. The highest BCUT2D eigenvalue weighted by atomic mass is 32.2. The maximum atomic E-state index is 12.5. The summed E-state index contributed by atoms with van der Waals surface area (Å²) in [6, 6.07) is 9.21. The highest BCUT2D eigenvalue weighted by Crippen LogP contribution is 2.21. The van der Waals surface area contributed by atoms with Crippen LogP contribution in [-0.4, -0.2) is 48.5 Å². The van der Waals surface area contributed by atoms with Gasteiger partial charge in [0.1, 0.15) is 5.82 Å². The van der Waals surface area contributed by atoms with Gasteiger partial charge in [-0.2, -0.15) is 4.31 Å². The van der Waals surface area contributed by atoms with Crippen molar-refractivity contribution in [2.45, 2.75) is 17.7 Å². The first-order valence-corrected chi connectivity index (χ1v) is 10.0. The Morgan fingerprint density at radius 1 is 1.07 bits per heavy atom. The lowest BCUT2D eigenvalue weighted by molar-refractivity contribution is 0.102. The SMILES string of the molecule is C=CCNc1ccc(NC(=O)c2ccc(S(=O)(=O)N3CCCC3)cc2)nn1. The normalized spacial score (nSPS) is 14.7. The van der Waals surface area contributed by atoms with E-state index in [2.05, 4.69) is 27.4 Å². The van der Waals surface area contributed by atoms with Gasteiger partial charge in [0.25, 0.3) is 5.91 Å². The van der Waals surface area contributed by atoms with E-state index < -0.39 is 10.0 Å². The van der Waals surface area contributed by atoms with Gasteiger partial charge in [0.2, 0.25) is 10.0 Å². The molecule has 8 nitrogen and oxygen atoms in total. The largest absolute Gasteiger partial charge is 0.365 e. The van der Waals surface area contributed by atoms with Gasteiger partial charge in [-0.15, -0.1) is 16.8 Å². The minimum atomic E-state index is -3.49. The highest BCUT2D eigenvalue weighted by Gasteiger charge is 2.27. The Kier molecular flexibility index (Phi) is 5.82. The van der Waals surface area contributed by atoms with Crippen LogP contribution in [-0.2, 0) is 10.0 Å². The van der Waals surface area contributed by atoms with Crippen molar-refractivity contribution in [2.24, 2.45) is 0 Å². The number of sulfonamides is 1. The molecule has 0 spiro atoms. The highest BCUT2D eigenvalue weighted by molar-refractivity contribution is 7.89. The molecule has 0 bridgehead atoms. The monoisotopic (exact) mass is 387 g/mol. The molecule has 1 aliphatic rings. The molecule has 1 amide bonds. The van der Waals surface area contributed by atoms with Crippen LogP contribution in [0.15, 0.2) is 53.9 Å². The molecule has 2 heterocycles. The van der Waals surface area contributed by atoms with Crippen LogP contribution in [0.4, 0.5) is 11.6 Å². The van der Waals surface area contributed by atoms with Crippen molar-refractivity contribution in [3.63, 3.8) is 0 Å². The van der Waals surface area contributed by atoms with E-state index in [1.54, 1.807) is 18.2 Å². The average Bonchev–Trinajstić information content (AvgIpc) is 3.23. The standard InChI is InChI=1S/C18H21N5O3S/c1-2-11-19-16-9-10-17(22-21-16)20-18(24)14-5-7-15(8-6-14)27(25,26)23-12-3-4-13-23/h2,5-10H,1,3-4,11-13H2,(H,19,21)(H,20,22,24). The Labute approximate surface area is 158 Å². The van der Waals surface area contributed by atoms with Crippen molar-refractivity contribution in [3.05, 3.63) is 54.6 Å². The molecule has 1 fully saturated rings. The van der Waals surface area contributed by atoms with Gasteiger partial charge in [-0.05, 0) is 49.2 Å². The third-order valence-corrected chi connectivity index (χ3v) is 6.07. The van der Waals surface area contributed by atoms with E-state index in [-0.39, 0.29) is 10.8 Å². The fraction of sp³-hybridized carbons (Fsp3) is 0.278. The van der Waals surface area contributed by atoms with Crippen LogP contribution in [0, 0.1) is 0 Å². The molecule has 1 aromatic carbocycles. The van der Waals surface area contributed by atoms with Gasteiger partial charge in [-0.25, -0.2) is 8.42 Å². The number of nitrogens with one attached hydrogen (secondary N) is 2. The number of anilines is 2. The lowest BCUT2D eigenvalue weighted by Crippen LogP contribution is -2.27. The Morgan fingerprint density at radius 3 is 2.30 bits per heavy atom. The van der Waals surface area contributed by atoms with Gasteiger partial charge in [0.05, 0.1) is 4.90 Å². The predicted octanol–water partition coefficient (Wildman–Crippen LogP) is 2.11. The molecular weight excluding hydrogens is 366 g/mol. The number of hydrogen-bond acceptors (Lipinski definition) is 6. The number of rotatable bonds is 7. The first-order valence-electron chi connectivity index (χ1n) is 8.61. The number of carbonyl (C=O) groups excluding carboxylic acids is 1. The van der Waals surface area contributed by atoms with Gasteiger partial charge in [-0.3, -0.25) is 4.79 Å². The van der Waals surface area contributed by atoms with Crippen LogP contribution in [0.25, 0.3) is 0 Å². The minimum Gasteiger partial charge on any atom is -0.365 e. The molecule has 0 aliphatic carbocycles. The smallest absolute Gasteiger partial charge is 0.256 e. The molecule has 1 saturated heterocycles. The third kappa shape index (κ3) is 4.50. The van der Waals surface area contributed by atoms with Crippen LogP contribution < -0.4 is 10.6 Å². The quantitative estimate of drug-likeness (QED) is 0.705. The molecule has 27 heavy (non-hydrogen) atoms. The zero-order valence-electron chi connectivity index (χ0n) is 14.8. The van der Waals surface area contributed by atoms with E-state index >= 15 is 0 Å². The van der Waals surface area contributed by atoms with E-state index in [4.69, 9.17) is 0 Å². The molecule has 142 valence electrons. The summed E-state index contributed by atoms with van der Waals surface area (Å²) in [7, 11) is -3.49. The summed E-state index contributed by atoms with van der Waals surface area (Å²) in [5, 5.41) is 13.5. The fourth-order valence-corrected chi connectivity index (χ4v) is 4.23. The van der Waals surface area contributed by atoms with E-state index in [9.17, 15) is 13.2 Å². The summed E-state index contributed by atoms with van der Waals surface area (Å²) in [5.41, 5.74) is 0.339. The van der Waals surface area contributed by atoms with E-state index in [1.807, 2.05) is 0 Å². The van der Waals surface area contributed by atoms with Crippen molar-refractivity contribution in [1.82, 2.24) is 14.5 Å². The third-order valence-electron chi connectivity index (χ3n) is 4.15. The molecule has 1 aliphatic heterocycles. The van der Waals surface area contributed by atoms with E-state index in [0.29, 0.717) is 36.8 Å². The Balaban J connectivity index is 1.66. The second-order valence-corrected chi connectivity index (χ2v) is 8.00. The summed E-state index contributed by atoms with van der Waals surface area (Å²) >= 11 is 0. The molecule has 0 radical (unpaired) electrons. The van der Waals surface area contributed by atoms with Crippen molar-refractivity contribution in [1.29, 1.82) is 0 Å². The number of nitrogens with zero attached hydrogens (tertiary/aromatic N) is 3. The van der Waals surface area contributed by atoms with Crippen molar-refractivity contribution >= 4 is 27.6 Å². The molecular formula is C18H21N5O3S. The molecule has 0 saturated carbocycles. The number of benzene rings is 1. The first kappa shape index (κ1) is 19.0. The molecule has 0 atom stereocenters. The Morgan fingerprint density at radius 2 is 1.70 bits per heavy atom. The summed E-state index contributed by atoms with van der Waals surface area (Å²) in [6.45, 7) is 5.25. The van der Waals surface area contributed by atoms with Gasteiger partial charge < -0.3 is 10.6 Å². The average molecular weight is 387 g/mol. The molecule has 3 rings (SSSR count). The van der Waals surface area contributed by atoms with Gasteiger partial charge >= 0.3 is 0 Å². The molecule has 2 N–H and O–H groups in total. The Bertz CT molecular complexity index is 905. The fourth-order valence-electron chi connectivity index (χ4n) is 2.71. The zero-order chi connectivity index (χ0) is 19.3. The maximum Gasteiger partial charge on any atom is 0.256 e. The van der Waals surface area contributed by atoms with Crippen LogP contribution in [0.5, 0.6) is 0 Å². The molecule has 2 aromatic rings. The van der Waals surface area contributed by atoms with Crippen LogP contribution in [0.3, 0.4) is 0 Å². The van der Waals surface area contributed by atoms with E-state index in [0.717, 1.165) is 12.8 Å². The number of hydrogen-bond donors (Lipinski definition) is 2. The number of aromatic nitrogens is 2. The summed E-state index contributed by atoms with van der Waals surface area (Å²) in [4.78, 5) is 12.5. The van der Waals surface area contributed by atoms with Crippen molar-refractivity contribution in [3.8, 4) is 0 Å². The number of carbonyl (C=O) groups is 1. The second kappa shape index (κ2) is 8.28. The minimum absolute atomic E-state index is 0.193. The van der Waals surface area contributed by atoms with Crippen molar-refractivity contribution < 1.29 is 13.2 Å². The second-order valence-electron chi connectivity index (χ2n) is 6.06. The first-order chi connectivity index (χ1) is 13.0. The molecule has 0 unspecified atom stereocenters. The Hall–Kier alpha value is -2.78.